The average Bonchev–Trinajstić information content (AvgIpc) is 2.45. The third-order valence-corrected chi connectivity index (χ3v) is 4.20. The molecule has 5 heteroatoms. The second-order valence-corrected chi connectivity index (χ2v) is 6.34. The van der Waals surface area contributed by atoms with E-state index in [9.17, 15) is 5.11 Å². The zero-order valence-electron chi connectivity index (χ0n) is 13.3. The third-order valence-electron chi connectivity index (χ3n) is 3.96. The summed E-state index contributed by atoms with van der Waals surface area (Å²) in [6.45, 7) is 7.30. The van der Waals surface area contributed by atoms with E-state index in [0.29, 0.717) is 17.3 Å². The minimum atomic E-state index is -0.531. The summed E-state index contributed by atoms with van der Waals surface area (Å²) in [7, 11) is 2.02. The number of thiocarbonyl (C=S) groups is 1. The molecular weight excluding hydrogens is 284 g/mol. The molecule has 1 aromatic rings. The van der Waals surface area contributed by atoms with Crippen molar-refractivity contribution in [3.8, 4) is 5.75 Å². The largest absolute Gasteiger partial charge is 0.491 e. The monoisotopic (exact) mass is 310 g/mol. The van der Waals surface area contributed by atoms with E-state index in [-0.39, 0.29) is 12.1 Å². The van der Waals surface area contributed by atoms with Crippen LogP contribution in [0.3, 0.4) is 0 Å². The van der Waals surface area contributed by atoms with Crippen molar-refractivity contribution in [1.29, 1.82) is 0 Å². The van der Waals surface area contributed by atoms with Crippen molar-refractivity contribution in [1.82, 2.24) is 4.90 Å². The highest BCUT2D eigenvalue weighted by molar-refractivity contribution is 7.80. The lowest BCUT2D eigenvalue weighted by molar-refractivity contribution is 0.0407. The SMILES string of the molecule is CCC(C)(C)N(C)CC(O)COc1ccc(C(N)=S)cc1. The molecule has 3 N–H and O–H groups in total. The van der Waals surface area contributed by atoms with Crippen LogP contribution in [0.5, 0.6) is 5.75 Å². The lowest BCUT2D eigenvalue weighted by atomic mass is 10.00. The van der Waals surface area contributed by atoms with Crippen LogP contribution in [0.15, 0.2) is 24.3 Å². The second kappa shape index (κ2) is 7.73. The number of rotatable bonds is 8. The Balaban J connectivity index is 2.46. The average molecular weight is 310 g/mol. The van der Waals surface area contributed by atoms with Crippen molar-refractivity contribution in [3.05, 3.63) is 29.8 Å². The molecule has 0 aromatic heterocycles. The fourth-order valence-corrected chi connectivity index (χ4v) is 1.93. The number of ether oxygens (including phenoxy) is 1. The normalized spacial score (nSPS) is 13.2. The summed E-state index contributed by atoms with van der Waals surface area (Å²) >= 11 is 4.90. The van der Waals surface area contributed by atoms with E-state index in [1.54, 1.807) is 12.1 Å². The minimum Gasteiger partial charge on any atom is -0.491 e. The summed E-state index contributed by atoms with van der Waals surface area (Å²) in [5.74, 6) is 0.700. The molecule has 1 atom stereocenters. The van der Waals surface area contributed by atoms with Gasteiger partial charge in [-0.1, -0.05) is 19.1 Å². The van der Waals surface area contributed by atoms with Crippen molar-refractivity contribution in [2.24, 2.45) is 5.73 Å². The van der Waals surface area contributed by atoms with Gasteiger partial charge in [-0.25, -0.2) is 0 Å². The number of likely N-dealkylation sites (N-methyl/N-ethyl adjacent to an activating group) is 1. The van der Waals surface area contributed by atoms with Crippen molar-refractivity contribution in [2.45, 2.75) is 38.8 Å². The first kappa shape index (κ1) is 17.9. The number of hydrogen-bond donors (Lipinski definition) is 2. The topological polar surface area (TPSA) is 58.7 Å². The molecule has 1 unspecified atom stereocenters. The summed E-state index contributed by atoms with van der Waals surface area (Å²) < 4.78 is 5.59. The Morgan fingerprint density at radius 1 is 1.38 bits per heavy atom. The molecule has 1 aromatic carbocycles. The number of aliphatic hydroxyl groups is 1. The van der Waals surface area contributed by atoms with Gasteiger partial charge in [0.25, 0.3) is 0 Å². The van der Waals surface area contributed by atoms with Crippen LogP contribution in [-0.4, -0.2) is 46.8 Å². The van der Waals surface area contributed by atoms with E-state index >= 15 is 0 Å². The molecule has 0 spiro atoms. The maximum absolute atomic E-state index is 10.1. The fourth-order valence-electron chi connectivity index (χ4n) is 1.79. The Labute approximate surface area is 132 Å². The van der Waals surface area contributed by atoms with Crippen molar-refractivity contribution < 1.29 is 9.84 Å². The molecule has 0 radical (unpaired) electrons. The standard InChI is InChI=1S/C16H26N2O2S/c1-5-16(2,3)18(4)10-13(19)11-20-14-8-6-12(7-9-14)15(17)21/h6-9,13,19H,5,10-11H2,1-4H3,(H2,17,21). The van der Waals surface area contributed by atoms with E-state index < -0.39 is 6.10 Å². The lowest BCUT2D eigenvalue weighted by Gasteiger charge is -2.36. The third kappa shape index (κ3) is 5.61. The Morgan fingerprint density at radius 2 is 1.95 bits per heavy atom. The molecule has 0 fully saturated rings. The van der Waals surface area contributed by atoms with E-state index in [0.717, 1.165) is 12.0 Å². The van der Waals surface area contributed by atoms with Crippen molar-refractivity contribution >= 4 is 17.2 Å². The lowest BCUT2D eigenvalue weighted by Crippen LogP contribution is -2.45. The molecule has 0 aliphatic carbocycles. The van der Waals surface area contributed by atoms with Crippen LogP contribution >= 0.6 is 12.2 Å². The van der Waals surface area contributed by atoms with E-state index in [4.69, 9.17) is 22.7 Å². The van der Waals surface area contributed by atoms with E-state index in [1.807, 2.05) is 19.2 Å². The first-order chi connectivity index (χ1) is 9.76. The maximum Gasteiger partial charge on any atom is 0.119 e. The molecule has 0 saturated carbocycles. The number of β-amino-alcohol motifs (C(OH)–C–C–N with tert-alkyl or cyclic N) is 1. The first-order valence-electron chi connectivity index (χ1n) is 7.18. The quantitative estimate of drug-likeness (QED) is 0.721. The smallest absolute Gasteiger partial charge is 0.119 e. The van der Waals surface area contributed by atoms with Crippen LogP contribution in [-0.2, 0) is 0 Å². The van der Waals surface area contributed by atoms with Gasteiger partial charge in [0.2, 0.25) is 0 Å². The Bertz CT molecular complexity index is 460. The van der Waals surface area contributed by atoms with Gasteiger partial charge in [-0.2, -0.15) is 0 Å². The molecule has 0 heterocycles. The van der Waals surface area contributed by atoms with Gasteiger partial charge in [-0.05, 0) is 51.6 Å². The van der Waals surface area contributed by atoms with Crippen molar-refractivity contribution in [2.75, 3.05) is 20.2 Å². The molecule has 118 valence electrons. The highest BCUT2D eigenvalue weighted by Crippen LogP contribution is 2.17. The van der Waals surface area contributed by atoms with Crippen LogP contribution in [0.1, 0.15) is 32.8 Å². The zero-order valence-corrected chi connectivity index (χ0v) is 14.1. The minimum absolute atomic E-state index is 0.0689. The molecule has 0 aliphatic rings. The van der Waals surface area contributed by atoms with Gasteiger partial charge in [0, 0.05) is 17.6 Å². The highest BCUT2D eigenvalue weighted by atomic mass is 32.1. The van der Waals surface area contributed by atoms with E-state index in [1.165, 1.54) is 0 Å². The number of nitrogens with zero attached hydrogens (tertiary/aromatic N) is 1. The maximum atomic E-state index is 10.1. The predicted octanol–water partition coefficient (Wildman–Crippen LogP) is 2.18. The molecule has 0 amide bonds. The molecule has 1 rings (SSSR count). The summed E-state index contributed by atoms with van der Waals surface area (Å²) in [6, 6.07) is 7.24. The second-order valence-electron chi connectivity index (χ2n) is 5.90. The predicted molar refractivity (Wildman–Crippen MR) is 90.8 cm³/mol. The molecular formula is C16H26N2O2S. The van der Waals surface area contributed by atoms with Gasteiger partial charge in [-0.3, -0.25) is 4.90 Å². The highest BCUT2D eigenvalue weighted by Gasteiger charge is 2.23. The van der Waals surface area contributed by atoms with Crippen LogP contribution in [0.25, 0.3) is 0 Å². The summed E-state index contributed by atoms with van der Waals surface area (Å²) in [5, 5.41) is 10.1. The fraction of sp³-hybridized carbons (Fsp3) is 0.562. The van der Waals surface area contributed by atoms with Crippen molar-refractivity contribution in [3.63, 3.8) is 0 Å². The number of hydrogen-bond acceptors (Lipinski definition) is 4. The van der Waals surface area contributed by atoms with Gasteiger partial charge in [0.15, 0.2) is 0 Å². The zero-order chi connectivity index (χ0) is 16.0. The molecule has 0 bridgehead atoms. The van der Waals surface area contributed by atoms with Crippen LogP contribution < -0.4 is 10.5 Å². The molecule has 21 heavy (non-hydrogen) atoms. The van der Waals surface area contributed by atoms with Gasteiger partial charge in [0.1, 0.15) is 23.4 Å². The van der Waals surface area contributed by atoms with Gasteiger partial charge >= 0.3 is 0 Å². The number of benzene rings is 1. The Hall–Kier alpha value is -1.17. The van der Waals surface area contributed by atoms with Crippen LogP contribution in [0, 0.1) is 0 Å². The number of nitrogens with two attached hydrogens (primary N) is 1. The Kier molecular flexibility index (Phi) is 6.58. The summed E-state index contributed by atoms with van der Waals surface area (Å²) in [5.41, 5.74) is 6.42. The van der Waals surface area contributed by atoms with Gasteiger partial charge < -0.3 is 15.6 Å². The first-order valence-corrected chi connectivity index (χ1v) is 7.59. The molecule has 4 nitrogen and oxygen atoms in total. The van der Waals surface area contributed by atoms with Gasteiger partial charge in [0.05, 0.1) is 0 Å². The molecule has 0 saturated heterocycles. The van der Waals surface area contributed by atoms with Gasteiger partial charge in [-0.15, -0.1) is 0 Å². The van der Waals surface area contributed by atoms with E-state index in [2.05, 4.69) is 25.7 Å². The van der Waals surface area contributed by atoms with Crippen LogP contribution in [0.4, 0.5) is 0 Å². The molecule has 0 aliphatic heterocycles. The number of aliphatic hydroxyl groups excluding tert-OH is 1. The van der Waals surface area contributed by atoms with Crippen LogP contribution in [0.2, 0.25) is 0 Å². The Morgan fingerprint density at radius 3 is 2.43 bits per heavy atom. The summed E-state index contributed by atoms with van der Waals surface area (Å²) in [6.07, 6.45) is 0.494. The summed E-state index contributed by atoms with van der Waals surface area (Å²) in [4.78, 5) is 2.52.